The third-order valence-electron chi connectivity index (χ3n) is 3.80. The Morgan fingerprint density at radius 1 is 0.895 bits per heavy atom. The number of hydrogen-bond acceptors (Lipinski definition) is 1. The number of rotatable bonds is 12. The third kappa shape index (κ3) is 9.94. The van der Waals surface area contributed by atoms with Gasteiger partial charge in [-0.25, -0.2) is 4.79 Å². The highest BCUT2D eigenvalue weighted by molar-refractivity contribution is 5.72. The van der Waals surface area contributed by atoms with Crippen LogP contribution in [0, 0.1) is 0 Å². The largest absolute Gasteiger partial charge is 0.477 e. The number of likely N-dealkylation sites (N-methyl/N-ethyl adjacent to an activating group) is 1. The minimum absolute atomic E-state index is 0.260. The fourth-order valence-corrected chi connectivity index (χ4v) is 2.49. The van der Waals surface area contributed by atoms with Crippen molar-refractivity contribution in [2.45, 2.75) is 77.2 Å². The zero-order valence-electron chi connectivity index (χ0n) is 13.5. The summed E-state index contributed by atoms with van der Waals surface area (Å²) in [6.07, 6.45) is 12.3. The second kappa shape index (κ2) is 10.2. The Bertz CT molecular complexity index is 233. The van der Waals surface area contributed by atoms with E-state index in [9.17, 15) is 9.90 Å². The number of quaternary nitrogens is 1. The van der Waals surface area contributed by atoms with Crippen LogP contribution in [0.2, 0.25) is 0 Å². The average molecular weight is 272 g/mol. The summed E-state index contributed by atoms with van der Waals surface area (Å²) in [5.74, 6) is -0.660. The molecule has 0 aromatic heterocycles. The minimum atomic E-state index is -0.660. The molecular formula is C16H34NO2+. The summed E-state index contributed by atoms with van der Waals surface area (Å²) in [6.45, 7) is 2.24. The maximum atomic E-state index is 11.2. The Morgan fingerprint density at radius 3 is 1.68 bits per heavy atom. The van der Waals surface area contributed by atoms with Gasteiger partial charge in [-0.2, -0.15) is 0 Å². The van der Waals surface area contributed by atoms with Gasteiger partial charge in [0, 0.05) is 6.42 Å². The molecule has 19 heavy (non-hydrogen) atoms. The van der Waals surface area contributed by atoms with Gasteiger partial charge >= 0.3 is 5.97 Å². The van der Waals surface area contributed by atoms with Crippen molar-refractivity contribution < 1.29 is 14.4 Å². The maximum absolute atomic E-state index is 11.2. The molecule has 0 aliphatic heterocycles. The highest BCUT2D eigenvalue weighted by atomic mass is 16.4. The molecule has 0 aliphatic carbocycles. The summed E-state index contributed by atoms with van der Waals surface area (Å²) < 4.78 is 0.520. The van der Waals surface area contributed by atoms with Crippen molar-refractivity contribution in [1.29, 1.82) is 0 Å². The molecule has 1 atom stereocenters. The van der Waals surface area contributed by atoms with Crippen molar-refractivity contribution in [1.82, 2.24) is 0 Å². The molecule has 0 heterocycles. The number of carbonyl (C=O) groups is 1. The molecule has 0 rings (SSSR count). The van der Waals surface area contributed by atoms with E-state index in [0.29, 0.717) is 4.48 Å². The first-order valence-electron chi connectivity index (χ1n) is 7.93. The Balaban J connectivity index is 3.54. The molecule has 0 spiro atoms. The first kappa shape index (κ1) is 18.4. The smallest absolute Gasteiger partial charge is 0.362 e. The lowest BCUT2D eigenvalue weighted by atomic mass is 10.0. The van der Waals surface area contributed by atoms with Crippen molar-refractivity contribution in [3.63, 3.8) is 0 Å². The third-order valence-corrected chi connectivity index (χ3v) is 3.80. The van der Waals surface area contributed by atoms with E-state index >= 15 is 0 Å². The zero-order valence-corrected chi connectivity index (χ0v) is 13.5. The summed E-state index contributed by atoms with van der Waals surface area (Å²) in [5.41, 5.74) is 0. The van der Waals surface area contributed by atoms with Gasteiger partial charge in [-0.15, -0.1) is 0 Å². The fourth-order valence-electron chi connectivity index (χ4n) is 2.49. The first-order valence-corrected chi connectivity index (χ1v) is 7.93. The first-order chi connectivity index (χ1) is 8.89. The van der Waals surface area contributed by atoms with Gasteiger partial charge in [0.1, 0.15) is 0 Å². The number of carboxylic acids is 1. The van der Waals surface area contributed by atoms with Gasteiger partial charge in [0.25, 0.3) is 0 Å². The number of carboxylic acid groups (broad SMARTS) is 1. The Hall–Kier alpha value is -0.570. The van der Waals surface area contributed by atoms with E-state index < -0.39 is 5.97 Å². The van der Waals surface area contributed by atoms with Gasteiger partial charge in [-0.3, -0.25) is 0 Å². The van der Waals surface area contributed by atoms with E-state index in [1.165, 1.54) is 51.4 Å². The van der Waals surface area contributed by atoms with E-state index in [1.807, 2.05) is 21.1 Å². The fraction of sp³-hybridized carbons (Fsp3) is 0.938. The molecule has 0 amide bonds. The van der Waals surface area contributed by atoms with Gasteiger partial charge in [0.15, 0.2) is 6.04 Å². The van der Waals surface area contributed by atoms with E-state index in [0.717, 1.165) is 12.8 Å². The van der Waals surface area contributed by atoms with Gasteiger partial charge in [-0.1, -0.05) is 58.3 Å². The van der Waals surface area contributed by atoms with Crippen molar-refractivity contribution in [2.24, 2.45) is 0 Å². The number of hydrogen-bond donors (Lipinski definition) is 1. The van der Waals surface area contributed by atoms with E-state index in [2.05, 4.69) is 6.92 Å². The van der Waals surface area contributed by atoms with Gasteiger partial charge < -0.3 is 9.59 Å². The van der Waals surface area contributed by atoms with E-state index in [1.54, 1.807) is 0 Å². The van der Waals surface area contributed by atoms with Crippen molar-refractivity contribution in [3.05, 3.63) is 0 Å². The molecule has 0 fully saturated rings. The van der Waals surface area contributed by atoms with Crippen LogP contribution in [0.25, 0.3) is 0 Å². The van der Waals surface area contributed by atoms with Gasteiger partial charge in [0.05, 0.1) is 21.1 Å². The number of unbranched alkanes of at least 4 members (excludes halogenated alkanes) is 8. The van der Waals surface area contributed by atoms with Crippen LogP contribution in [0.3, 0.4) is 0 Å². The van der Waals surface area contributed by atoms with E-state index in [4.69, 9.17) is 0 Å². The molecule has 0 bridgehead atoms. The summed E-state index contributed by atoms with van der Waals surface area (Å²) in [6, 6.07) is -0.260. The van der Waals surface area contributed by atoms with Crippen LogP contribution in [0.1, 0.15) is 71.1 Å². The molecule has 0 radical (unpaired) electrons. The SMILES string of the molecule is CCCCCCCCCCCC(C(=O)O)[N+](C)(C)C. The Labute approximate surface area is 119 Å². The number of aliphatic carboxylic acids is 1. The summed E-state index contributed by atoms with van der Waals surface area (Å²) in [4.78, 5) is 11.2. The molecule has 0 saturated carbocycles. The average Bonchev–Trinajstić information content (AvgIpc) is 2.29. The molecule has 0 aromatic carbocycles. The van der Waals surface area contributed by atoms with Crippen LogP contribution in [-0.2, 0) is 4.79 Å². The second-order valence-electron chi connectivity index (χ2n) is 6.59. The molecular weight excluding hydrogens is 238 g/mol. The predicted molar refractivity (Wildman–Crippen MR) is 81.3 cm³/mol. The molecule has 3 heteroatoms. The topological polar surface area (TPSA) is 37.3 Å². The summed E-state index contributed by atoms with van der Waals surface area (Å²) >= 11 is 0. The van der Waals surface area contributed by atoms with Crippen LogP contribution >= 0.6 is 0 Å². The molecule has 1 N–H and O–H groups in total. The summed E-state index contributed by atoms with van der Waals surface area (Å²) in [7, 11) is 5.89. The molecule has 0 aromatic rings. The van der Waals surface area contributed by atoms with Crippen molar-refractivity contribution >= 4 is 5.97 Å². The molecule has 1 unspecified atom stereocenters. The zero-order chi connectivity index (χ0) is 14.7. The highest BCUT2D eigenvalue weighted by Crippen LogP contribution is 2.15. The minimum Gasteiger partial charge on any atom is -0.477 e. The van der Waals surface area contributed by atoms with Crippen LogP contribution < -0.4 is 0 Å². The maximum Gasteiger partial charge on any atom is 0.362 e. The lowest BCUT2D eigenvalue weighted by Crippen LogP contribution is -2.49. The molecule has 3 nitrogen and oxygen atoms in total. The second-order valence-corrected chi connectivity index (χ2v) is 6.59. The normalized spacial score (nSPS) is 13.5. The molecule has 0 aliphatic rings. The van der Waals surface area contributed by atoms with E-state index in [-0.39, 0.29) is 6.04 Å². The van der Waals surface area contributed by atoms with Crippen LogP contribution in [-0.4, -0.2) is 42.7 Å². The van der Waals surface area contributed by atoms with Gasteiger partial charge in [0.2, 0.25) is 0 Å². The quantitative estimate of drug-likeness (QED) is 0.429. The number of nitrogens with zero attached hydrogens (tertiary/aromatic N) is 1. The molecule has 0 saturated heterocycles. The van der Waals surface area contributed by atoms with Crippen molar-refractivity contribution in [3.8, 4) is 0 Å². The van der Waals surface area contributed by atoms with Gasteiger partial charge in [-0.05, 0) is 6.42 Å². The highest BCUT2D eigenvalue weighted by Gasteiger charge is 2.30. The Kier molecular flexibility index (Phi) is 9.94. The molecule has 114 valence electrons. The van der Waals surface area contributed by atoms with Crippen molar-refractivity contribution in [2.75, 3.05) is 21.1 Å². The lowest BCUT2D eigenvalue weighted by Gasteiger charge is -2.31. The summed E-state index contributed by atoms with van der Waals surface area (Å²) in [5, 5.41) is 9.22. The standard InChI is InChI=1S/C16H33NO2/c1-5-6-7-8-9-10-11-12-13-14-15(16(18)19)17(2,3)4/h15H,5-14H2,1-4H3/p+1. The predicted octanol–water partition coefficient (Wildman–Crippen LogP) is 4.07. The Morgan fingerprint density at radius 2 is 1.32 bits per heavy atom. The van der Waals surface area contributed by atoms with Crippen LogP contribution in [0.15, 0.2) is 0 Å². The monoisotopic (exact) mass is 272 g/mol. The lowest BCUT2D eigenvalue weighted by molar-refractivity contribution is -0.887. The van der Waals surface area contributed by atoms with Crippen LogP contribution in [0.5, 0.6) is 0 Å². The van der Waals surface area contributed by atoms with Crippen LogP contribution in [0.4, 0.5) is 0 Å².